The normalized spacial score (nSPS) is 12.0. The van der Waals surface area contributed by atoms with Crippen LogP contribution in [0.15, 0.2) is 66.1 Å². The maximum atomic E-state index is 11.3. The summed E-state index contributed by atoms with van der Waals surface area (Å²) in [5.41, 5.74) is 3.15. The van der Waals surface area contributed by atoms with Gasteiger partial charge in [0, 0.05) is 34.2 Å². The van der Waals surface area contributed by atoms with Crippen LogP contribution >= 0.6 is 0 Å². The van der Waals surface area contributed by atoms with Gasteiger partial charge in [-0.1, -0.05) is 12.1 Å². The van der Waals surface area contributed by atoms with Crippen molar-refractivity contribution in [3.8, 4) is 5.69 Å². The third-order valence-electron chi connectivity index (χ3n) is 3.30. The van der Waals surface area contributed by atoms with Gasteiger partial charge >= 0.3 is 0 Å². The summed E-state index contributed by atoms with van der Waals surface area (Å²) >= 11 is 0. The van der Waals surface area contributed by atoms with E-state index in [0.717, 1.165) is 28.4 Å². The highest BCUT2D eigenvalue weighted by Gasteiger charge is 2.00. The first-order chi connectivity index (χ1) is 10.7. The lowest BCUT2D eigenvalue weighted by Gasteiger charge is -2.08. The molecule has 0 fully saturated rings. The second kappa shape index (κ2) is 6.53. The molecule has 3 aromatic rings. The van der Waals surface area contributed by atoms with Crippen LogP contribution < -0.4 is 5.32 Å². The van der Waals surface area contributed by atoms with Crippen LogP contribution in [0.25, 0.3) is 5.69 Å². The Hall–Kier alpha value is -2.47. The molecule has 5 nitrogen and oxygen atoms in total. The van der Waals surface area contributed by atoms with Gasteiger partial charge in [-0.25, -0.2) is 9.67 Å². The molecule has 1 aromatic heterocycles. The monoisotopic (exact) mass is 312 g/mol. The average molecular weight is 312 g/mol. The van der Waals surface area contributed by atoms with Crippen LogP contribution in [-0.2, 0) is 17.3 Å². The van der Waals surface area contributed by atoms with Crippen LogP contribution in [0.1, 0.15) is 5.56 Å². The summed E-state index contributed by atoms with van der Waals surface area (Å²) in [7, 11) is -0.928. The maximum absolute atomic E-state index is 11.3. The second-order valence-electron chi connectivity index (χ2n) is 4.84. The Morgan fingerprint density at radius 1 is 1.09 bits per heavy atom. The molecule has 6 heteroatoms. The van der Waals surface area contributed by atoms with Crippen molar-refractivity contribution in [3.05, 3.63) is 66.7 Å². The molecule has 0 aliphatic carbocycles. The van der Waals surface area contributed by atoms with Crippen molar-refractivity contribution in [1.29, 1.82) is 0 Å². The van der Waals surface area contributed by atoms with Gasteiger partial charge < -0.3 is 5.32 Å². The van der Waals surface area contributed by atoms with Gasteiger partial charge in [0.05, 0.1) is 5.69 Å². The van der Waals surface area contributed by atoms with Gasteiger partial charge in [-0.2, -0.15) is 5.10 Å². The Bertz CT molecular complexity index is 752. The Kier molecular flexibility index (Phi) is 4.29. The maximum Gasteiger partial charge on any atom is 0.138 e. The topological polar surface area (TPSA) is 59.8 Å². The van der Waals surface area contributed by atoms with E-state index in [1.807, 2.05) is 48.5 Å². The Morgan fingerprint density at radius 3 is 2.41 bits per heavy atom. The summed E-state index contributed by atoms with van der Waals surface area (Å²) in [5.74, 6) is 0. The molecule has 1 heterocycles. The fraction of sp³-hybridized carbons (Fsp3) is 0.125. The standard InChI is InChI=1S/C16H16N4OS/c1-22(21)16-8-2-13(3-9-16)10-18-14-4-6-15(7-5-14)20-12-17-11-19-20/h2-9,11-12,18H,10H2,1H3. The van der Waals surface area contributed by atoms with Crippen molar-refractivity contribution in [2.75, 3.05) is 11.6 Å². The van der Waals surface area contributed by atoms with E-state index < -0.39 is 10.8 Å². The van der Waals surface area contributed by atoms with Gasteiger partial charge in [-0.05, 0) is 42.0 Å². The summed E-state index contributed by atoms with van der Waals surface area (Å²) in [6, 6.07) is 15.8. The molecule has 0 bridgehead atoms. The molecule has 1 unspecified atom stereocenters. The summed E-state index contributed by atoms with van der Waals surface area (Å²) in [6.45, 7) is 0.722. The number of benzene rings is 2. The highest BCUT2D eigenvalue weighted by molar-refractivity contribution is 7.84. The predicted molar refractivity (Wildman–Crippen MR) is 87.5 cm³/mol. The molecule has 2 aromatic carbocycles. The zero-order valence-electron chi connectivity index (χ0n) is 12.1. The third kappa shape index (κ3) is 3.40. The molecule has 0 saturated carbocycles. The molecule has 0 aliphatic rings. The Morgan fingerprint density at radius 2 is 1.82 bits per heavy atom. The molecule has 0 spiro atoms. The van der Waals surface area contributed by atoms with Crippen LogP contribution in [0.5, 0.6) is 0 Å². The zero-order valence-corrected chi connectivity index (χ0v) is 13.0. The minimum Gasteiger partial charge on any atom is -0.381 e. The molecular weight excluding hydrogens is 296 g/mol. The molecule has 3 rings (SSSR count). The first-order valence-electron chi connectivity index (χ1n) is 6.84. The summed E-state index contributed by atoms with van der Waals surface area (Å²) < 4.78 is 13.1. The number of nitrogens with one attached hydrogen (secondary N) is 1. The van der Waals surface area contributed by atoms with E-state index in [1.165, 1.54) is 6.33 Å². The van der Waals surface area contributed by atoms with Crippen molar-refractivity contribution < 1.29 is 4.21 Å². The van der Waals surface area contributed by atoms with Crippen LogP contribution in [0.4, 0.5) is 5.69 Å². The number of anilines is 1. The smallest absolute Gasteiger partial charge is 0.138 e. The SMILES string of the molecule is CS(=O)c1ccc(CNc2ccc(-n3cncn3)cc2)cc1. The lowest BCUT2D eigenvalue weighted by molar-refractivity contribution is 0.687. The lowest BCUT2D eigenvalue weighted by Crippen LogP contribution is -2.00. The Balaban J connectivity index is 1.63. The predicted octanol–water partition coefficient (Wildman–Crippen LogP) is 2.62. The van der Waals surface area contributed by atoms with Gasteiger partial charge in [-0.3, -0.25) is 4.21 Å². The summed E-state index contributed by atoms with van der Waals surface area (Å²) in [5, 5.41) is 7.45. The molecule has 1 atom stereocenters. The molecule has 0 amide bonds. The molecular formula is C16H16N4OS. The first-order valence-corrected chi connectivity index (χ1v) is 8.39. The molecule has 22 heavy (non-hydrogen) atoms. The fourth-order valence-corrected chi connectivity index (χ4v) is 2.60. The van der Waals surface area contributed by atoms with Gasteiger partial charge in [0.25, 0.3) is 0 Å². The van der Waals surface area contributed by atoms with E-state index in [2.05, 4.69) is 15.4 Å². The van der Waals surface area contributed by atoms with Gasteiger partial charge in [0.15, 0.2) is 0 Å². The number of nitrogens with zero attached hydrogens (tertiary/aromatic N) is 3. The van der Waals surface area contributed by atoms with Crippen LogP contribution in [0.2, 0.25) is 0 Å². The second-order valence-corrected chi connectivity index (χ2v) is 6.22. The fourth-order valence-electron chi connectivity index (χ4n) is 2.08. The number of hydrogen-bond donors (Lipinski definition) is 1. The number of aromatic nitrogens is 3. The van der Waals surface area contributed by atoms with Crippen LogP contribution in [-0.4, -0.2) is 25.2 Å². The molecule has 0 saturated heterocycles. The van der Waals surface area contributed by atoms with E-state index in [-0.39, 0.29) is 0 Å². The zero-order chi connectivity index (χ0) is 15.4. The van der Waals surface area contributed by atoms with Crippen molar-refractivity contribution in [1.82, 2.24) is 14.8 Å². The highest BCUT2D eigenvalue weighted by atomic mass is 32.2. The average Bonchev–Trinajstić information content (AvgIpc) is 3.08. The van der Waals surface area contributed by atoms with Crippen molar-refractivity contribution >= 4 is 16.5 Å². The molecule has 0 radical (unpaired) electrons. The van der Waals surface area contributed by atoms with E-state index in [4.69, 9.17) is 0 Å². The lowest BCUT2D eigenvalue weighted by atomic mass is 10.2. The van der Waals surface area contributed by atoms with Crippen molar-refractivity contribution in [2.24, 2.45) is 0 Å². The first kappa shape index (κ1) is 14.5. The quantitative estimate of drug-likeness (QED) is 0.787. The van der Waals surface area contributed by atoms with Gasteiger partial charge in [0.2, 0.25) is 0 Å². The molecule has 1 N–H and O–H groups in total. The minimum absolute atomic E-state index is 0.722. The van der Waals surface area contributed by atoms with E-state index in [0.29, 0.717) is 0 Å². The van der Waals surface area contributed by atoms with Crippen molar-refractivity contribution in [3.63, 3.8) is 0 Å². The summed E-state index contributed by atoms with van der Waals surface area (Å²) in [4.78, 5) is 4.78. The molecule has 0 aliphatic heterocycles. The highest BCUT2D eigenvalue weighted by Crippen LogP contribution is 2.14. The van der Waals surface area contributed by atoms with Gasteiger partial charge in [-0.15, -0.1) is 0 Å². The third-order valence-corrected chi connectivity index (χ3v) is 4.24. The minimum atomic E-state index is -0.928. The van der Waals surface area contributed by atoms with E-state index in [1.54, 1.807) is 17.3 Å². The number of rotatable bonds is 5. The van der Waals surface area contributed by atoms with Crippen LogP contribution in [0.3, 0.4) is 0 Å². The number of hydrogen-bond acceptors (Lipinski definition) is 4. The Labute approximate surface area is 131 Å². The van der Waals surface area contributed by atoms with Crippen LogP contribution in [0, 0.1) is 0 Å². The van der Waals surface area contributed by atoms with E-state index in [9.17, 15) is 4.21 Å². The molecule has 112 valence electrons. The van der Waals surface area contributed by atoms with Crippen molar-refractivity contribution in [2.45, 2.75) is 11.4 Å². The van der Waals surface area contributed by atoms with Gasteiger partial charge in [0.1, 0.15) is 12.7 Å². The largest absolute Gasteiger partial charge is 0.381 e. The van der Waals surface area contributed by atoms with E-state index >= 15 is 0 Å². The summed E-state index contributed by atoms with van der Waals surface area (Å²) in [6.07, 6.45) is 4.87.